The van der Waals surface area contributed by atoms with E-state index in [0.29, 0.717) is 10.5 Å². The van der Waals surface area contributed by atoms with Gasteiger partial charge in [-0.25, -0.2) is 4.79 Å². The summed E-state index contributed by atoms with van der Waals surface area (Å²) < 4.78 is 5.54. The maximum absolute atomic E-state index is 12.6. The third-order valence-corrected chi connectivity index (χ3v) is 5.13. The van der Waals surface area contributed by atoms with Gasteiger partial charge in [-0.15, -0.1) is 0 Å². The third kappa shape index (κ3) is 4.05. The Morgan fingerprint density at radius 2 is 1.92 bits per heavy atom. The van der Waals surface area contributed by atoms with Gasteiger partial charge < -0.3 is 4.74 Å². The molecule has 0 aliphatic carbocycles. The molecule has 26 heavy (non-hydrogen) atoms. The molecule has 1 heterocycles. The van der Waals surface area contributed by atoms with Crippen molar-refractivity contribution in [1.29, 1.82) is 0 Å². The van der Waals surface area contributed by atoms with Gasteiger partial charge in [0, 0.05) is 4.47 Å². The number of hydrogen-bond donors (Lipinski definition) is 0. The lowest BCUT2D eigenvalue weighted by atomic mass is 10.1. The molecule has 1 fully saturated rings. The Labute approximate surface area is 163 Å². The molecule has 0 spiro atoms. The van der Waals surface area contributed by atoms with Gasteiger partial charge in [-0.1, -0.05) is 40.2 Å². The number of rotatable bonds is 4. The molecule has 3 rings (SSSR count). The van der Waals surface area contributed by atoms with Crippen LogP contribution in [-0.2, 0) is 16.1 Å². The van der Waals surface area contributed by atoms with Gasteiger partial charge in [0.2, 0.25) is 0 Å². The van der Waals surface area contributed by atoms with E-state index in [2.05, 4.69) is 20.7 Å². The van der Waals surface area contributed by atoms with Crippen molar-refractivity contribution in [2.45, 2.75) is 6.54 Å². The second kappa shape index (κ2) is 7.88. The van der Waals surface area contributed by atoms with Gasteiger partial charge in [0.15, 0.2) is 0 Å². The number of imide groups is 1. The molecular weight excluding hydrogens is 418 g/mol. The van der Waals surface area contributed by atoms with E-state index in [1.54, 1.807) is 30.3 Å². The highest BCUT2D eigenvalue weighted by molar-refractivity contribution is 9.10. The van der Waals surface area contributed by atoms with Gasteiger partial charge in [0.1, 0.15) is 0 Å². The molecule has 0 atom stereocenters. The molecule has 0 aromatic heterocycles. The molecule has 0 bridgehead atoms. The van der Waals surface area contributed by atoms with Crippen molar-refractivity contribution >= 4 is 50.9 Å². The van der Waals surface area contributed by atoms with Gasteiger partial charge in [-0.3, -0.25) is 14.5 Å². The van der Waals surface area contributed by atoms with E-state index in [9.17, 15) is 14.4 Å². The number of esters is 1. The van der Waals surface area contributed by atoms with Crippen molar-refractivity contribution in [3.05, 3.63) is 74.6 Å². The number of ether oxygens (including phenoxy) is 1. The summed E-state index contributed by atoms with van der Waals surface area (Å²) in [6.45, 7) is 0.225. The van der Waals surface area contributed by atoms with Crippen molar-refractivity contribution in [1.82, 2.24) is 4.90 Å². The standard InChI is InChI=1S/C19H14BrNO4S/c1-25-18(23)14-7-5-12(6-8-14)10-16-17(22)21(19(24)26-16)11-13-3-2-4-15(20)9-13/h2-10H,11H2,1H3/b16-10+. The molecule has 0 saturated carbocycles. The van der Waals surface area contributed by atoms with Crippen molar-refractivity contribution < 1.29 is 19.1 Å². The summed E-state index contributed by atoms with van der Waals surface area (Å²) in [5, 5.41) is -0.299. The first-order chi connectivity index (χ1) is 12.5. The molecule has 1 aliphatic heterocycles. The molecule has 2 amide bonds. The van der Waals surface area contributed by atoms with Crippen LogP contribution in [0.4, 0.5) is 4.79 Å². The first kappa shape index (κ1) is 18.4. The number of amides is 2. The molecule has 5 nitrogen and oxygen atoms in total. The zero-order valence-electron chi connectivity index (χ0n) is 13.8. The van der Waals surface area contributed by atoms with E-state index >= 15 is 0 Å². The minimum Gasteiger partial charge on any atom is -0.465 e. The first-order valence-electron chi connectivity index (χ1n) is 7.66. The molecule has 0 radical (unpaired) electrons. The highest BCUT2D eigenvalue weighted by Crippen LogP contribution is 2.33. The molecule has 0 N–H and O–H groups in total. The highest BCUT2D eigenvalue weighted by atomic mass is 79.9. The van der Waals surface area contributed by atoms with Crippen LogP contribution in [0.25, 0.3) is 6.08 Å². The first-order valence-corrected chi connectivity index (χ1v) is 9.27. The number of methoxy groups -OCH3 is 1. The maximum atomic E-state index is 12.6. The molecule has 2 aromatic rings. The van der Waals surface area contributed by atoms with Crippen molar-refractivity contribution in [3.63, 3.8) is 0 Å². The largest absolute Gasteiger partial charge is 0.465 e. The zero-order valence-corrected chi connectivity index (χ0v) is 16.2. The van der Waals surface area contributed by atoms with Crippen LogP contribution >= 0.6 is 27.7 Å². The molecule has 0 unspecified atom stereocenters. The van der Waals surface area contributed by atoms with Crippen LogP contribution in [0.1, 0.15) is 21.5 Å². The van der Waals surface area contributed by atoms with Crippen LogP contribution in [0.2, 0.25) is 0 Å². The number of carbonyl (C=O) groups is 3. The lowest BCUT2D eigenvalue weighted by molar-refractivity contribution is -0.123. The molecule has 2 aromatic carbocycles. The molecule has 1 saturated heterocycles. The quantitative estimate of drug-likeness (QED) is 0.527. The fourth-order valence-corrected chi connectivity index (χ4v) is 3.72. The van der Waals surface area contributed by atoms with E-state index in [-0.39, 0.29) is 17.7 Å². The number of halogens is 1. The van der Waals surface area contributed by atoms with Crippen LogP contribution in [0.5, 0.6) is 0 Å². The minimum atomic E-state index is -0.425. The summed E-state index contributed by atoms with van der Waals surface area (Å²) >= 11 is 4.29. The Morgan fingerprint density at radius 1 is 1.19 bits per heavy atom. The summed E-state index contributed by atoms with van der Waals surface area (Å²) in [6.07, 6.45) is 1.65. The molecule has 7 heteroatoms. The van der Waals surface area contributed by atoms with Gasteiger partial charge in [-0.2, -0.15) is 0 Å². The van der Waals surface area contributed by atoms with E-state index in [4.69, 9.17) is 0 Å². The zero-order chi connectivity index (χ0) is 18.7. The predicted octanol–water partition coefficient (Wildman–Crippen LogP) is 4.47. The van der Waals surface area contributed by atoms with E-state index in [0.717, 1.165) is 27.4 Å². The normalized spacial score (nSPS) is 15.6. The lowest BCUT2D eigenvalue weighted by Gasteiger charge is -2.12. The predicted molar refractivity (Wildman–Crippen MR) is 103 cm³/mol. The Morgan fingerprint density at radius 3 is 2.58 bits per heavy atom. The van der Waals surface area contributed by atoms with E-state index < -0.39 is 5.97 Å². The van der Waals surface area contributed by atoms with Crippen LogP contribution < -0.4 is 0 Å². The second-order valence-electron chi connectivity index (χ2n) is 5.51. The van der Waals surface area contributed by atoms with Crippen molar-refractivity contribution in [3.8, 4) is 0 Å². The third-order valence-electron chi connectivity index (χ3n) is 3.73. The summed E-state index contributed by atoms with van der Waals surface area (Å²) in [6, 6.07) is 14.1. The van der Waals surface area contributed by atoms with Crippen LogP contribution in [0, 0.1) is 0 Å². The molecular formula is C19H14BrNO4S. The van der Waals surface area contributed by atoms with Crippen LogP contribution in [0.15, 0.2) is 57.9 Å². The highest BCUT2D eigenvalue weighted by Gasteiger charge is 2.34. The van der Waals surface area contributed by atoms with Gasteiger partial charge >= 0.3 is 5.97 Å². The summed E-state index contributed by atoms with van der Waals surface area (Å²) in [4.78, 5) is 37.8. The number of hydrogen-bond acceptors (Lipinski definition) is 5. The number of benzene rings is 2. The van der Waals surface area contributed by atoms with Gasteiger partial charge in [0.05, 0.1) is 24.1 Å². The van der Waals surface area contributed by atoms with Gasteiger partial charge in [-0.05, 0) is 53.2 Å². The smallest absolute Gasteiger partial charge is 0.337 e. The van der Waals surface area contributed by atoms with Gasteiger partial charge in [0.25, 0.3) is 11.1 Å². The minimum absolute atomic E-state index is 0.225. The Hall–Kier alpha value is -2.38. The number of carbonyl (C=O) groups excluding carboxylic acids is 3. The Kier molecular flexibility index (Phi) is 5.58. The fraction of sp³-hybridized carbons (Fsp3) is 0.105. The fourth-order valence-electron chi connectivity index (χ4n) is 2.44. The van der Waals surface area contributed by atoms with Crippen molar-refractivity contribution in [2.24, 2.45) is 0 Å². The van der Waals surface area contributed by atoms with Crippen LogP contribution in [0.3, 0.4) is 0 Å². The average molecular weight is 432 g/mol. The monoisotopic (exact) mass is 431 g/mol. The Bertz CT molecular complexity index is 908. The van der Waals surface area contributed by atoms with E-state index in [1.807, 2.05) is 24.3 Å². The number of thioether (sulfide) groups is 1. The topological polar surface area (TPSA) is 63.7 Å². The summed E-state index contributed by atoms with van der Waals surface area (Å²) in [5.41, 5.74) is 2.02. The van der Waals surface area contributed by atoms with E-state index in [1.165, 1.54) is 12.0 Å². The lowest BCUT2D eigenvalue weighted by Crippen LogP contribution is -2.27. The summed E-state index contributed by atoms with van der Waals surface area (Å²) in [7, 11) is 1.32. The Balaban J connectivity index is 1.77. The molecule has 1 aliphatic rings. The second-order valence-corrected chi connectivity index (χ2v) is 7.42. The van der Waals surface area contributed by atoms with Crippen LogP contribution in [-0.4, -0.2) is 29.1 Å². The average Bonchev–Trinajstić information content (AvgIpc) is 2.89. The maximum Gasteiger partial charge on any atom is 0.337 e. The number of nitrogens with zero attached hydrogens (tertiary/aromatic N) is 1. The SMILES string of the molecule is COC(=O)c1ccc(/C=C2/SC(=O)N(Cc3cccc(Br)c3)C2=O)cc1. The molecule has 132 valence electrons. The summed E-state index contributed by atoms with van der Waals surface area (Å²) in [5.74, 6) is -0.747. The van der Waals surface area contributed by atoms with Crippen molar-refractivity contribution in [2.75, 3.05) is 7.11 Å².